The van der Waals surface area contributed by atoms with E-state index in [1.54, 1.807) is 11.3 Å². The van der Waals surface area contributed by atoms with Crippen molar-refractivity contribution in [1.29, 1.82) is 0 Å². The predicted octanol–water partition coefficient (Wildman–Crippen LogP) is 2.17. The molecule has 0 aliphatic carbocycles. The molecule has 2 aromatic rings. The van der Waals surface area contributed by atoms with Crippen molar-refractivity contribution in [2.24, 2.45) is 0 Å². The van der Waals surface area contributed by atoms with E-state index in [0.29, 0.717) is 0 Å². The lowest BCUT2D eigenvalue weighted by Crippen LogP contribution is -2.22. The van der Waals surface area contributed by atoms with Gasteiger partial charge in [0.25, 0.3) is 0 Å². The fourth-order valence-electron chi connectivity index (χ4n) is 1.97. The number of aromatic nitrogens is 3. The predicted molar refractivity (Wildman–Crippen MR) is 70.3 cm³/mol. The third kappa shape index (κ3) is 2.73. The van der Waals surface area contributed by atoms with Gasteiger partial charge in [-0.05, 0) is 27.0 Å². The highest BCUT2D eigenvalue weighted by atomic mass is 32.1. The first-order chi connectivity index (χ1) is 8.24. The van der Waals surface area contributed by atoms with E-state index in [0.717, 1.165) is 23.7 Å². The zero-order valence-corrected chi connectivity index (χ0v) is 11.3. The lowest BCUT2D eigenvalue weighted by atomic mass is 10.1. The normalized spacial score (nSPS) is 12.9. The zero-order chi connectivity index (χ0) is 12.3. The number of hydrogen-bond acceptors (Lipinski definition) is 4. The minimum atomic E-state index is 0.277. The minimum absolute atomic E-state index is 0.277. The standard InChI is InChI=1S/C12H18N4S/c1-4-16-12(5-6-14-16)11(13-3)7-10-8-17-9(2)15-10/h5-6,8,11,13H,4,7H2,1-3H3. The Morgan fingerprint density at radius 3 is 2.94 bits per heavy atom. The zero-order valence-electron chi connectivity index (χ0n) is 10.5. The van der Waals surface area contributed by atoms with E-state index in [-0.39, 0.29) is 6.04 Å². The van der Waals surface area contributed by atoms with E-state index >= 15 is 0 Å². The average Bonchev–Trinajstić information content (AvgIpc) is 2.94. The first-order valence-corrected chi connectivity index (χ1v) is 6.72. The van der Waals surface area contributed by atoms with Crippen molar-refractivity contribution in [3.05, 3.63) is 34.0 Å². The Morgan fingerprint density at radius 1 is 1.53 bits per heavy atom. The molecule has 0 amide bonds. The van der Waals surface area contributed by atoms with E-state index in [1.807, 2.05) is 24.9 Å². The molecule has 5 heteroatoms. The monoisotopic (exact) mass is 250 g/mol. The average molecular weight is 250 g/mol. The maximum absolute atomic E-state index is 4.51. The SMILES string of the molecule is CCn1nccc1C(Cc1csc(C)n1)NC. The van der Waals surface area contributed by atoms with Crippen molar-refractivity contribution >= 4 is 11.3 Å². The molecule has 2 heterocycles. The van der Waals surface area contributed by atoms with Crippen molar-refractivity contribution in [2.45, 2.75) is 32.9 Å². The van der Waals surface area contributed by atoms with Crippen molar-refractivity contribution < 1.29 is 0 Å². The molecule has 1 N–H and O–H groups in total. The van der Waals surface area contributed by atoms with Gasteiger partial charge in [-0.25, -0.2) is 4.98 Å². The van der Waals surface area contributed by atoms with Gasteiger partial charge in [0.05, 0.1) is 22.4 Å². The lowest BCUT2D eigenvalue weighted by molar-refractivity contribution is 0.510. The molecule has 2 rings (SSSR count). The number of rotatable bonds is 5. The van der Waals surface area contributed by atoms with Gasteiger partial charge in [0.1, 0.15) is 0 Å². The second-order valence-electron chi connectivity index (χ2n) is 3.98. The third-order valence-electron chi connectivity index (χ3n) is 2.83. The summed E-state index contributed by atoms with van der Waals surface area (Å²) in [5, 5.41) is 10.9. The number of thiazole rings is 1. The molecule has 0 aliphatic rings. The van der Waals surface area contributed by atoms with Gasteiger partial charge in [-0.1, -0.05) is 0 Å². The van der Waals surface area contributed by atoms with Gasteiger partial charge in [0, 0.05) is 24.5 Å². The van der Waals surface area contributed by atoms with Crippen molar-refractivity contribution in [3.63, 3.8) is 0 Å². The van der Waals surface area contributed by atoms with E-state index in [1.165, 1.54) is 5.69 Å². The molecule has 4 nitrogen and oxygen atoms in total. The van der Waals surface area contributed by atoms with Gasteiger partial charge in [-0.2, -0.15) is 5.10 Å². The van der Waals surface area contributed by atoms with Crippen LogP contribution in [0.25, 0.3) is 0 Å². The summed E-state index contributed by atoms with van der Waals surface area (Å²) in [6.45, 7) is 5.05. The van der Waals surface area contributed by atoms with Crippen LogP contribution in [-0.2, 0) is 13.0 Å². The summed E-state index contributed by atoms with van der Waals surface area (Å²) < 4.78 is 2.03. The minimum Gasteiger partial charge on any atom is -0.311 e. The van der Waals surface area contributed by atoms with Crippen LogP contribution in [0.1, 0.15) is 29.4 Å². The summed E-state index contributed by atoms with van der Waals surface area (Å²) in [6, 6.07) is 2.35. The molecule has 2 aromatic heterocycles. The van der Waals surface area contributed by atoms with Gasteiger partial charge >= 0.3 is 0 Å². The van der Waals surface area contributed by atoms with Gasteiger partial charge < -0.3 is 5.32 Å². The fourth-order valence-corrected chi connectivity index (χ4v) is 2.59. The summed E-state index contributed by atoms with van der Waals surface area (Å²) in [4.78, 5) is 4.51. The van der Waals surface area contributed by atoms with Crippen LogP contribution >= 0.6 is 11.3 Å². The molecule has 17 heavy (non-hydrogen) atoms. The second kappa shape index (κ2) is 5.42. The van der Waals surface area contributed by atoms with Gasteiger partial charge in [-0.3, -0.25) is 4.68 Å². The molecule has 0 saturated heterocycles. The molecule has 1 unspecified atom stereocenters. The van der Waals surface area contributed by atoms with Crippen LogP contribution < -0.4 is 5.32 Å². The molecular weight excluding hydrogens is 232 g/mol. The van der Waals surface area contributed by atoms with Crippen LogP contribution in [0, 0.1) is 6.92 Å². The number of likely N-dealkylation sites (N-methyl/N-ethyl adjacent to an activating group) is 1. The third-order valence-corrected chi connectivity index (χ3v) is 3.66. The number of hydrogen-bond donors (Lipinski definition) is 1. The van der Waals surface area contributed by atoms with Gasteiger partial charge in [-0.15, -0.1) is 11.3 Å². The second-order valence-corrected chi connectivity index (χ2v) is 5.04. The maximum atomic E-state index is 4.51. The fraction of sp³-hybridized carbons (Fsp3) is 0.500. The van der Waals surface area contributed by atoms with Gasteiger partial charge in [0.2, 0.25) is 0 Å². The molecule has 0 spiro atoms. The largest absolute Gasteiger partial charge is 0.311 e. The highest BCUT2D eigenvalue weighted by Gasteiger charge is 2.15. The Kier molecular flexibility index (Phi) is 3.91. The molecule has 0 fully saturated rings. The van der Waals surface area contributed by atoms with Crippen LogP contribution in [0.3, 0.4) is 0 Å². The highest BCUT2D eigenvalue weighted by molar-refractivity contribution is 7.09. The number of nitrogens with one attached hydrogen (secondary N) is 1. The van der Waals surface area contributed by atoms with Crippen LogP contribution in [0.2, 0.25) is 0 Å². The molecule has 0 saturated carbocycles. The highest BCUT2D eigenvalue weighted by Crippen LogP contribution is 2.19. The van der Waals surface area contributed by atoms with Crippen molar-refractivity contribution in [1.82, 2.24) is 20.1 Å². The Bertz CT molecular complexity index is 474. The summed E-state index contributed by atoms with van der Waals surface area (Å²) >= 11 is 1.70. The quantitative estimate of drug-likeness (QED) is 0.884. The van der Waals surface area contributed by atoms with Crippen molar-refractivity contribution in [3.8, 4) is 0 Å². The lowest BCUT2D eigenvalue weighted by Gasteiger charge is -2.16. The summed E-state index contributed by atoms with van der Waals surface area (Å²) in [5.74, 6) is 0. The van der Waals surface area contributed by atoms with E-state index < -0.39 is 0 Å². The van der Waals surface area contributed by atoms with Crippen LogP contribution in [0.4, 0.5) is 0 Å². The smallest absolute Gasteiger partial charge is 0.0897 e. The Hall–Kier alpha value is -1.20. The summed E-state index contributed by atoms with van der Waals surface area (Å²) in [5.41, 5.74) is 2.37. The van der Waals surface area contributed by atoms with Gasteiger partial charge in [0.15, 0.2) is 0 Å². The topological polar surface area (TPSA) is 42.7 Å². The van der Waals surface area contributed by atoms with E-state index in [4.69, 9.17) is 0 Å². The Balaban J connectivity index is 2.16. The summed E-state index contributed by atoms with van der Waals surface area (Å²) in [6.07, 6.45) is 2.77. The molecule has 0 aliphatic heterocycles. The maximum Gasteiger partial charge on any atom is 0.0897 e. The molecule has 0 radical (unpaired) electrons. The molecular formula is C12H18N4S. The van der Waals surface area contributed by atoms with Crippen LogP contribution in [0.15, 0.2) is 17.6 Å². The van der Waals surface area contributed by atoms with E-state index in [9.17, 15) is 0 Å². The number of nitrogens with zero attached hydrogens (tertiary/aromatic N) is 3. The molecule has 0 aromatic carbocycles. The van der Waals surface area contributed by atoms with Crippen LogP contribution in [0.5, 0.6) is 0 Å². The molecule has 92 valence electrons. The Morgan fingerprint density at radius 2 is 2.35 bits per heavy atom. The van der Waals surface area contributed by atoms with Crippen molar-refractivity contribution in [2.75, 3.05) is 7.05 Å². The summed E-state index contributed by atoms with van der Waals surface area (Å²) in [7, 11) is 1.98. The van der Waals surface area contributed by atoms with E-state index in [2.05, 4.69) is 33.8 Å². The number of aryl methyl sites for hydroxylation is 2. The molecule has 1 atom stereocenters. The van der Waals surface area contributed by atoms with Crippen LogP contribution in [-0.4, -0.2) is 21.8 Å². The molecule has 0 bridgehead atoms. The first-order valence-electron chi connectivity index (χ1n) is 5.84. The first kappa shape index (κ1) is 12.3. The Labute approximate surface area is 106 Å².